The molecular formula is C18H20F2N4O3. The zero-order chi connectivity index (χ0) is 19.4. The fourth-order valence-electron chi connectivity index (χ4n) is 2.99. The molecule has 1 amide bonds. The van der Waals surface area contributed by atoms with E-state index in [1.807, 2.05) is 4.90 Å². The lowest BCUT2D eigenvalue weighted by atomic mass is 10.3. The van der Waals surface area contributed by atoms with Crippen LogP contribution in [-0.2, 0) is 22.7 Å². The molecule has 1 aliphatic heterocycles. The van der Waals surface area contributed by atoms with E-state index in [0.29, 0.717) is 17.7 Å². The van der Waals surface area contributed by atoms with Gasteiger partial charge in [0.2, 0.25) is 11.9 Å². The van der Waals surface area contributed by atoms with E-state index in [4.69, 9.17) is 4.74 Å². The zero-order valence-corrected chi connectivity index (χ0v) is 14.9. The molecule has 0 atom stereocenters. The Morgan fingerprint density at radius 3 is 2.67 bits per heavy atom. The first-order chi connectivity index (χ1) is 13.0. The molecule has 2 heterocycles. The highest BCUT2D eigenvalue weighted by Gasteiger charge is 2.21. The van der Waals surface area contributed by atoms with E-state index < -0.39 is 23.1 Å². The average Bonchev–Trinajstić information content (AvgIpc) is 3.14. The molecule has 9 heteroatoms. The van der Waals surface area contributed by atoms with E-state index in [0.717, 1.165) is 38.1 Å². The number of rotatable bonds is 6. The van der Waals surface area contributed by atoms with E-state index in [2.05, 4.69) is 10.3 Å². The van der Waals surface area contributed by atoms with Gasteiger partial charge in [0.25, 0.3) is 5.56 Å². The van der Waals surface area contributed by atoms with Crippen LogP contribution in [0.5, 0.6) is 0 Å². The molecule has 1 aromatic heterocycles. The predicted octanol–water partition coefficient (Wildman–Crippen LogP) is 1.91. The van der Waals surface area contributed by atoms with Crippen LogP contribution in [0, 0.1) is 11.6 Å². The lowest BCUT2D eigenvalue weighted by Crippen LogP contribution is -2.35. The molecule has 27 heavy (non-hydrogen) atoms. The molecule has 0 bridgehead atoms. The van der Waals surface area contributed by atoms with Gasteiger partial charge in [-0.1, -0.05) is 0 Å². The second kappa shape index (κ2) is 8.26. The van der Waals surface area contributed by atoms with Gasteiger partial charge in [-0.25, -0.2) is 13.8 Å². The van der Waals surface area contributed by atoms with Crippen molar-refractivity contribution in [2.45, 2.75) is 26.0 Å². The van der Waals surface area contributed by atoms with Crippen molar-refractivity contribution in [1.29, 1.82) is 0 Å². The minimum Gasteiger partial charge on any atom is -0.378 e. The molecule has 1 N–H and O–H groups in total. The van der Waals surface area contributed by atoms with Gasteiger partial charge < -0.3 is 15.0 Å². The van der Waals surface area contributed by atoms with Crippen LogP contribution in [0.3, 0.4) is 0 Å². The summed E-state index contributed by atoms with van der Waals surface area (Å²) in [6.45, 7) is 1.32. The van der Waals surface area contributed by atoms with Gasteiger partial charge in [0, 0.05) is 32.3 Å². The second-order valence-corrected chi connectivity index (χ2v) is 6.27. The van der Waals surface area contributed by atoms with Crippen molar-refractivity contribution in [3.05, 3.63) is 51.9 Å². The SMILES string of the molecule is COCc1cc(=O)n(CC(=O)Nc2ccc(F)cc2F)c(N2CCCC2)n1. The first-order valence-electron chi connectivity index (χ1n) is 8.57. The minimum absolute atomic E-state index is 0.152. The fraction of sp³-hybridized carbons (Fsp3) is 0.389. The van der Waals surface area contributed by atoms with Crippen molar-refractivity contribution >= 4 is 17.5 Å². The smallest absolute Gasteiger partial charge is 0.255 e. The van der Waals surface area contributed by atoms with Gasteiger partial charge in [0.15, 0.2) is 0 Å². The molecule has 0 unspecified atom stereocenters. The molecule has 1 aliphatic rings. The molecule has 0 aliphatic carbocycles. The Morgan fingerprint density at radius 2 is 2.00 bits per heavy atom. The summed E-state index contributed by atoms with van der Waals surface area (Å²) >= 11 is 0. The molecule has 0 radical (unpaired) electrons. The van der Waals surface area contributed by atoms with Gasteiger partial charge in [-0.15, -0.1) is 0 Å². The Hall–Kier alpha value is -2.81. The van der Waals surface area contributed by atoms with Gasteiger partial charge in [0.1, 0.15) is 18.2 Å². The maximum atomic E-state index is 13.7. The van der Waals surface area contributed by atoms with E-state index in [-0.39, 0.29) is 18.8 Å². The Labute approximate surface area is 154 Å². The molecule has 0 saturated carbocycles. The molecule has 2 aromatic rings. The number of methoxy groups -OCH3 is 1. The molecule has 144 valence electrons. The van der Waals surface area contributed by atoms with Crippen molar-refractivity contribution in [1.82, 2.24) is 9.55 Å². The molecule has 3 rings (SSSR count). The fourth-order valence-corrected chi connectivity index (χ4v) is 2.99. The number of ether oxygens (including phenoxy) is 1. The lowest BCUT2D eigenvalue weighted by Gasteiger charge is -2.21. The Bertz CT molecular complexity index is 895. The second-order valence-electron chi connectivity index (χ2n) is 6.27. The molecule has 7 nitrogen and oxygen atoms in total. The van der Waals surface area contributed by atoms with Gasteiger partial charge in [-0.2, -0.15) is 0 Å². The zero-order valence-electron chi connectivity index (χ0n) is 14.9. The number of nitrogens with one attached hydrogen (secondary N) is 1. The van der Waals surface area contributed by atoms with Crippen LogP contribution < -0.4 is 15.8 Å². The summed E-state index contributed by atoms with van der Waals surface area (Å²) in [5, 5.41) is 2.36. The first-order valence-corrected chi connectivity index (χ1v) is 8.57. The topological polar surface area (TPSA) is 76.5 Å². The van der Waals surface area contributed by atoms with Crippen LogP contribution in [0.15, 0.2) is 29.1 Å². The summed E-state index contributed by atoms with van der Waals surface area (Å²) in [4.78, 5) is 31.3. The normalized spacial score (nSPS) is 13.8. The third-order valence-corrected chi connectivity index (χ3v) is 4.23. The number of aromatic nitrogens is 2. The summed E-state index contributed by atoms with van der Waals surface area (Å²) in [5.41, 5.74) is -0.0690. The van der Waals surface area contributed by atoms with Crippen LogP contribution in [0.4, 0.5) is 20.4 Å². The number of hydrogen-bond acceptors (Lipinski definition) is 5. The van der Waals surface area contributed by atoms with E-state index in [9.17, 15) is 18.4 Å². The summed E-state index contributed by atoms with van der Waals surface area (Å²) < 4.78 is 33.0. The number of nitrogens with zero attached hydrogens (tertiary/aromatic N) is 3. The first kappa shape index (κ1) is 19.0. The number of carbonyl (C=O) groups excluding carboxylic acids is 1. The Kier molecular flexibility index (Phi) is 5.80. The number of carbonyl (C=O) groups is 1. The highest BCUT2D eigenvalue weighted by Crippen LogP contribution is 2.18. The van der Waals surface area contributed by atoms with Crippen molar-refractivity contribution in [3.8, 4) is 0 Å². The van der Waals surface area contributed by atoms with E-state index in [1.165, 1.54) is 17.7 Å². The highest BCUT2D eigenvalue weighted by atomic mass is 19.1. The molecule has 1 fully saturated rings. The number of hydrogen-bond donors (Lipinski definition) is 1. The third-order valence-electron chi connectivity index (χ3n) is 4.23. The highest BCUT2D eigenvalue weighted by molar-refractivity contribution is 5.90. The standard InChI is InChI=1S/C18H20F2N4O3/c1-27-11-13-9-17(26)24(18(21-13)23-6-2-3-7-23)10-16(25)22-15-5-4-12(19)8-14(15)20/h4-5,8-9H,2-3,6-7,10-11H2,1H3,(H,22,25). The van der Waals surface area contributed by atoms with Gasteiger partial charge in [0.05, 0.1) is 18.0 Å². The third kappa shape index (κ3) is 4.48. The monoisotopic (exact) mass is 378 g/mol. The summed E-state index contributed by atoms with van der Waals surface area (Å²) in [5.74, 6) is -1.84. The summed E-state index contributed by atoms with van der Waals surface area (Å²) in [7, 11) is 1.51. The van der Waals surface area contributed by atoms with E-state index >= 15 is 0 Å². The van der Waals surface area contributed by atoms with Crippen LogP contribution in [0.25, 0.3) is 0 Å². The van der Waals surface area contributed by atoms with Gasteiger partial charge >= 0.3 is 0 Å². The van der Waals surface area contributed by atoms with Crippen LogP contribution in [-0.4, -0.2) is 35.7 Å². The summed E-state index contributed by atoms with van der Waals surface area (Å²) in [6.07, 6.45) is 1.94. The Morgan fingerprint density at radius 1 is 1.26 bits per heavy atom. The minimum atomic E-state index is -0.885. The molecule has 1 saturated heterocycles. The molecular weight excluding hydrogens is 358 g/mol. The van der Waals surface area contributed by atoms with Crippen molar-refractivity contribution in [3.63, 3.8) is 0 Å². The number of benzene rings is 1. The number of anilines is 2. The predicted molar refractivity (Wildman–Crippen MR) is 95.6 cm³/mol. The quantitative estimate of drug-likeness (QED) is 0.831. The average molecular weight is 378 g/mol. The maximum Gasteiger partial charge on any atom is 0.255 e. The van der Waals surface area contributed by atoms with Crippen molar-refractivity contribution < 1.29 is 18.3 Å². The summed E-state index contributed by atoms with van der Waals surface area (Å²) in [6, 6.07) is 4.17. The van der Waals surface area contributed by atoms with Crippen LogP contribution in [0.1, 0.15) is 18.5 Å². The Balaban J connectivity index is 1.86. The van der Waals surface area contributed by atoms with Gasteiger partial charge in [-0.05, 0) is 25.0 Å². The van der Waals surface area contributed by atoms with Crippen LogP contribution >= 0.6 is 0 Å². The lowest BCUT2D eigenvalue weighted by molar-refractivity contribution is -0.116. The number of halogens is 2. The van der Waals surface area contributed by atoms with Crippen LogP contribution in [0.2, 0.25) is 0 Å². The maximum absolute atomic E-state index is 13.7. The van der Waals surface area contributed by atoms with Gasteiger partial charge in [-0.3, -0.25) is 14.2 Å². The van der Waals surface area contributed by atoms with Crippen molar-refractivity contribution in [2.24, 2.45) is 0 Å². The van der Waals surface area contributed by atoms with E-state index in [1.54, 1.807) is 0 Å². The largest absolute Gasteiger partial charge is 0.378 e. The number of amides is 1. The molecule has 0 spiro atoms. The molecule has 1 aromatic carbocycles. The van der Waals surface area contributed by atoms with Crippen molar-refractivity contribution in [2.75, 3.05) is 30.4 Å².